The van der Waals surface area contributed by atoms with Gasteiger partial charge in [0.25, 0.3) is 11.6 Å². The van der Waals surface area contributed by atoms with Crippen molar-refractivity contribution in [3.63, 3.8) is 0 Å². The van der Waals surface area contributed by atoms with Crippen LogP contribution in [0.25, 0.3) is 0 Å². The van der Waals surface area contributed by atoms with Gasteiger partial charge in [-0.3, -0.25) is 14.9 Å². The number of carbonyl (C=O) groups excluding carboxylic acids is 1. The van der Waals surface area contributed by atoms with Crippen LogP contribution in [0.4, 0.5) is 11.4 Å². The molecule has 1 amide bonds. The zero-order chi connectivity index (χ0) is 17.9. The highest BCUT2D eigenvalue weighted by Crippen LogP contribution is 2.27. The van der Waals surface area contributed by atoms with Gasteiger partial charge in [-0.05, 0) is 31.2 Å². The molecule has 2 N–H and O–H groups in total. The van der Waals surface area contributed by atoms with Crippen LogP contribution < -0.4 is 10.1 Å². The fourth-order valence-corrected chi connectivity index (χ4v) is 2.08. The van der Waals surface area contributed by atoms with Crippen LogP contribution in [0.15, 0.2) is 36.4 Å². The predicted molar refractivity (Wildman–Crippen MR) is 85.7 cm³/mol. The first-order chi connectivity index (χ1) is 11.3. The fraction of sp³-hybridized carbons (Fsp3) is 0.125. The van der Waals surface area contributed by atoms with E-state index in [0.717, 1.165) is 6.07 Å². The molecule has 0 aliphatic carbocycles. The first-order valence-electron chi connectivity index (χ1n) is 6.81. The summed E-state index contributed by atoms with van der Waals surface area (Å²) < 4.78 is 5.08. The number of anilines is 1. The van der Waals surface area contributed by atoms with Gasteiger partial charge < -0.3 is 15.2 Å². The van der Waals surface area contributed by atoms with Gasteiger partial charge in [0.05, 0.1) is 23.3 Å². The molecule has 2 rings (SSSR count). The number of nitrogens with one attached hydrogen (secondary N) is 1. The number of carboxylic acid groups (broad SMARTS) is 1. The molecule has 0 heterocycles. The highest BCUT2D eigenvalue weighted by molar-refractivity contribution is 6.06. The van der Waals surface area contributed by atoms with Crippen LogP contribution in [0, 0.1) is 17.0 Å². The van der Waals surface area contributed by atoms with E-state index in [2.05, 4.69) is 5.32 Å². The van der Waals surface area contributed by atoms with Crippen molar-refractivity contribution in [2.75, 3.05) is 12.4 Å². The Hall–Kier alpha value is -3.42. The van der Waals surface area contributed by atoms with E-state index in [4.69, 9.17) is 9.84 Å². The number of carbonyl (C=O) groups is 2. The van der Waals surface area contributed by atoms with E-state index in [0.29, 0.717) is 5.56 Å². The van der Waals surface area contributed by atoms with Gasteiger partial charge in [0.15, 0.2) is 0 Å². The summed E-state index contributed by atoms with van der Waals surface area (Å²) in [5.74, 6) is -1.49. The molecule has 0 fully saturated rings. The van der Waals surface area contributed by atoms with Gasteiger partial charge in [0.1, 0.15) is 5.75 Å². The van der Waals surface area contributed by atoms with E-state index < -0.39 is 16.8 Å². The summed E-state index contributed by atoms with van der Waals surface area (Å²) in [6.45, 7) is 1.57. The van der Waals surface area contributed by atoms with Crippen molar-refractivity contribution < 1.29 is 24.4 Å². The lowest BCUT2D eigenvalue weighted by Crippen LogP contribution is -2.14. The Morgan fingerprint density at radius 2 is 1.83 bits per heavy atom. The lowest BCUT2D eigenvalue weighted by atomic mass is 10.1. The van der Waals surface area contributed by atoms with Crippen molar-refractivity contribution in [1.29, 1.82) is 0 Å². The van der Waals surface area contributed by atoms with E-state index >= 15 is 0 Å². The summed E-state index contributed by atoms with van der Waals surface area (Å²) in [6, 6.07) is 8.09. The van der Waals surface area contributed by atoms with Gasteiger partial charge >= 0.3 is 5.97 Å². The number of aromatic carboxylic acids is 1. The second-order valence-corrected chi connectivity index (χ2v) is 4.93. The van der Waals surface area contributed by atoms with Crippen LogP contribution in [-0.2, 0) is 0 Å². The minimum atomic E-state index is -1.15. The van der Waals surface area contributed by atoms with Crippen LogP contribution in [-0.4, -0.2) is 29.0 Å². The summed E-state index contributed by atoms with van der Waals surface area (Å²) in [4.78, 5) is 33.7. The SMILES string of the molecule is COc1ccc(C(=O)O)cc1NC(=O)c1ccc(C)c([N+](=O)[O-])c1. The van der Waals surface area contributed by atoms with Crippen molar-refractivity contribution in [2.45, 2.75) is 6.92 Å². The topological polar surface area (TPSA) is 119 Å². The van der Waals surface area contributed by atoms with Crippen LogP contribution in [0.1, 0.15) is 26.3 Å². The van der Waals surface area contributed by atoms with Crippen molar-refractivity contribution in [3.05, 3.63) is 63.2 Å². The maximum absolute atomic E-state index is 12.3. The number of nitro groups is 1. The average molecular weight is 330 g/mol. The number of amides is 1. The quantitative estimate of drug-likeness (QED) is 0.642. The molecule has 0 radical (unpaired) electrons. The van der Waals surface area contributed by atoms with Gasteiger partial charge in [0.2, 0.25) is 0 Å². The number of ether oxygens (including phenoxy) is 1. The Morgan fingerprint density at radius 1 is 1.17 bits per heavy atom. The zero-order valence-electron chi connectivity index (χ0n) is 12.9. The van der Waals surface area contributed by atoms with Gasteiger partial charge in [-0.25, -0.2) is 4.79 Å². The summed E-state index contributed by atoms with van der Waals surface area (Å²) in [7, 11) is 1.38. The molecular weight excluding hydrogens is 316 g/mol. The van der Waals surface area contributed by atoms with Crippen molar-refractivity contribution in [3.8, 4) is 5.75 Å². The fourth-order valence-electron chi connectivity index (χ4n) is 2.08. The molecule has 124 valence electrons. The Morgan fingerprint density at radius 3 is 2.42 bits per heavy atom. The highest BCUT2D eigenvalue weighted by Gasteiger charge is 2.17. The number of nitrogens with zero attached hydrogens (tertiary/aromatic N) is 1. The molecule has 2 aromatic rings. The Labute approximate surface area is 136 Å². The van der Waals surface area contributed by atoms with Gasteiger partial charge in [-0.2, -0.15) is 0 Å². The smallest absolute Gasteiger partial charge is 0.335 e. The molecular formula is C16H14N2O6. The second kappa shape index (κ2) is 6.78. The number of aryl methyl sites for hydroxylation is 1. The minimum Gasteiger partial charge on any atom is -0.495 e. The van der Waals surface area contributed by atoms with Crippen LogP contribution in [0.3, 0.4) is 0 Å². The number of benzene rings is 2. The normalized spacial score (nSPS) is 10.1. The molecule has 8 heteroatoms. The first-order valence-corrected chi connectivity index (χ1v) is 6.81. The number of hydrogen-bond donors (Lipinski definition) is 2. The third-order valence-electron chi connectivity index (χ3n) is 3.36. The standard InChI is InChI=1S/C16H14N2O6/c1-9-3-4-10(8-13(9)18(22)23)15(19)17-12-7-11(16(20)21)5-6-14(12)24-2/h3-8H,1-2H3,(H,17,19)(H,20,21). The summed E-state index contributed by atoms with van der Waals surface area (Å²) >= 11 is 0. The lowest BCUT2D eigenvalue weighted by Gasteiger charge is -2.11. The Balaban J connectivity index is 2.36. The largest absolute Gasteiger partial charge is 0.495 e. The Kier molecular flexibility index (Phi) is 4.78. The lowest BCUT2D eigenvalue weighted by molar-refractivity contribution is -0.385. The third kappa shape index (κ3) is 3.49. The molecule has 0 aromatic heterocycles. The highest BCUT2D eigenvalue weighted by atomic mass is 16.6. The van der Waals surface area contributed by atoms with E-state index in [1.807, 2.05) is 0 Å². The van der Waals surface area contributed by atoms with Crippen LogP contribution >= 0.6 is 0 Å². The van der Waals surface area contributed by atoms with Crippen molar-refractivity contribution >= 4 is 23.3 Å². The zero-order valence-corrected chi connectivity index (χ0v) is 12.9. The van der Waals surface area contributed by atoms with Crippen molar-refractivity contribution in [2.24, 2.45) is 0 Å². The molecule has 0 aliphatic rings. The van der Waals surface area contributed by atoms with Gasteiger partial charge in [0, 0.05) is 17.2 Å². The van der Waals surface area contributed by atoms with Crippen molar-refractivity contribution in [1.82, 2.24) is 0 Å². The first kappa shape index (κ1) is 16.9. The summed E-state index contributed by atoms with van der Waals surface area (Å²) in [5.41, 5.74) is 0.470. The molecule has 2 aromatic carbocycles. The van der Waals surface area contributed by atoms with E-state index in [1.165, 1.54) is 37.4 Å². The second-order valence-electron chi connectivity index (χ2n) is 4.93. The molecule has 0 spiro atoms. The molecule has 0 aliphatic heterocycles. The van der Waals surface area contributed by atoms with E-state index in [-0.39, 0.29) is 28.3 Å². The molecule has 0 atom stereocenters. The average Bonchev–Trinajstić information content (AvgIpc) is 2.54. The molecule has 24 heavy (non-hydrogen) atoms. The third-order valence-corrected chi connectivity index (χ3v) is 3.36. The van der Waals surface area contributed by atoms with Crippen LogP contribution in [0.5, 0.6) is 5.75 Å². The Bertz CT molecular complexity index is 831. The monoisotopic (exact) mass is 330 g/mol. The number of rotatable bonds is 5. The molecule has 8 nitrogen and oxygen atoms in total. The number of methoxy groups -OCH3 is 1. The predicted octanol–water partition coefficient (Wildman–Crippen LogP) is 2.86. The van der Waals surface area contributed by atoms with Gasteiger partial charge in [-0.1, -0.05) is 6.07 Å². The summed E-state index contributed by atoms with van der Waals surface area (Å²) in [6.07, 6.45) is 0. The number of nitro benzene ring substituents is 1. The minimum absolute atomic E-state index is 0.0269. The van der Waals surface area contributed by atoms with Gasteiger partial charge in [-0.15, -0.1) is 0 Å². The number of hydrogen-bond acceptors (Lipinski definition) is 5. The number of carboxylic acids is 1. The maximum Gasteiger partial charge on any atom is 0.335 e. The molecule has 0 unspecified atom stereocenters. The van der Waals surface area contributed by atoms with Crippen LogP contribution in [0.2, 0.25) is 0 Å². The molecule has 0 saturated carbocycles. The molecule has 0 bridgehead atoms. The maximum atomic E-state index is 12.3. The summed E-state index contributed by atoms with van der Waals surface area (Å²) in [5, 5.41) is 22.5. The van der Waals surface area contributed by atoms with E-state index in [1.54, 1.807) is 6.92 Å². The van der Waals surface area contributed by atoms with E-state index in [9.17, 15) is 19.7 Å². The molecule has 0 saturated heterocycles.